The molecule has 1 atom stereocenters. The predicted octanol–water partition coefficient (Wildman–Crippen LogP) is 1.45. The Morgan fingerprint density at radius 3 is 2.60 bits per heavy atom. The summed E-state index contributed by atoms with van der Waals surface area (Å²) in [4.78, 5) is 16.9. The maximum Gasteiger partial charge on any atom is 0.221 e. The zero-order valence-corrected chi connectivity index (χ0v) is 15.3. The lowest BCUT2D eigenvalue weighted by atomic mass is 10.1. The highest BCUT2D eigenvalue weighted by Gasteiger charge is 2.18. The van der Waals surface area contributed by atoms with Gasteiger partial charge in [-0.1, -0.05) is 30.3 Å². The Morgan fingerprint density at radius 2 is 1.88 bits per heavy atom. The third-order valence-electron chi connectivity index (χ3n) is 5.28. The number of benzene rings is 1. The van der Waals surface area contributed by atoms with Crippen molar-refractivity contribution in [1.29, 1.82) is 0 Å². The molecule has 0 aromatic heterocycles. The number of amides is 1. The molecule has 1 amide bonds. The molecule has 1 aromatic rings. The van der Waals surface area contributed by atoms with Gasteiger partial charge in [-0.2, -0.15) is 0 Å². The summed E-state index contributed by atoms with van der Waals surface area (Å²) in [6.07, 6.45) is 4.02. The molecular formula is C20H32N4O. The smallest absolute Gasteiger partial charge is 0.221 e. The quantitative estimate of drug-likeness (QED) is 0.701. The molecule has 2 fully saturated rings. The molecule has 25 heavy (non-hydrogen) atoms. The average molecular weight is 345 g/mol. The molecule has 3 rings (SSSR count). The van der Waals surface area contributed by atoms with Gasteiger partial charge in [0.05, 0.1) is 0 Å². The molecule has 1 aromatic carbocycles. The van der Waals surface area contributed by atoms with E-state index in [2.05, 4.69) is 50.8 Å². The van der Waals surface area contributed by atoms with E-state index in [4.69, 9.17) is 0 Å². The van der Waals surface area contributed by atoms with E-state index in [1.807, 2.05) is 0 Å². The maximum absolute atomic E-state index is 11.9. The van der Waals surface area contributed by atoms with Crippen molar-refractivity contribution in [1.82, 2.24) is 20.4 Å². The SMILES string of the molecule is O=C(CC1CCCN1)NCCCN1CCN(Cc2ccccc2)CC1. The van der Waals surface area contributed by atoms with Crippen molar-refractivity contribution in [3.63, 3.8) is 0 Å². The average Bonchev–Trinajstić information content (AvgIpc) is 3.14. The van der Waals surface area contributed by atoms with Crippen molar-refractivity contribution < 1.29 is 4.79 Å². The number of piperazine rings is 1. The number of carbonyl (C=O) groups is 1. The second kappa shape index (κ2) is 9.90. The van der Waals surface area contributed by atoms with Gasteiger partial charge in [0.2, 0.25) is 5.91 Å². The molecule has 2 aliphatic heterocycles. The van der Waals surface area contributed by atoms with E-state index in [0.29, 0.717) is 12.5 Å². The van der Waals surface area contributed by atoms with Crippen LogP contribution in [-0.2, 0) is 11.3 Å². The summed E-state index contributed by atoms with van der Waals surface area (Å²) in [5.41, 5.74) is 1.40. The van der Waals surface area contributed by atoms with E-state index >= 15 is 0 Å². The van der Waals surface area contributed by atoms with Crippen molar-refractivity contribution in [2.45, 2.75) is 38.3 Å². The minimum atomic E-state index is 0.201. The fourth-order valence-electron chi connectivity index (χ4n) is 3.77. The van der Waals surface area contributed by atoms with Crippen LogP contribution in [-0.4, -0.2) is 67.6 Å². The van der Waals surface area contributed by atoms with Crippen LogP contribution in [0.1, 0.15) is 31.2 Å². The number of nitrogens with one attached hydrogen (secondary N) is 2. The molecule has 5 heteroatoms. The van der Waals surface area contributed by atoms with Crippen LogP contribution in [0.4, 0.5) is 0 Å². The van der Waals surface area contributed by atoms with E-state index in [1.54, 1.807) is 0 Å². The summed E-state index contributed by atoms with van der Waals surface area (Å²) >= 11 is 0. The highest BCUT2D eigenvalue weighted by molar-refractivity contribution is 5.76. The topological polar surface area (TPSA) is 47.6 Å². The molecule has 0 radical (unpaired) electrons. The Balaban J connectivity index is 1.23. The Kier molecular flexibility index (Phi) is 7.27. The monoisotopic (exact) mass is 344 g/mol. The highest BCUT2D eigenvalue weighted by Crippen LogP contribution is 2.09. The minimum absolute atomic E-state index is 0.201. The normalized spacial score (nSPS) is 22.2. The highest BCUT2D eigenvalue weighted by atomic mass is 16.1. The molecule has 0 spiro atoms. The molecule has 2 heterocycles. The number of rotatable bonds is 8. The van der Waals surface area contributed by atoms with Crippen LogP contribution in [0.25, 0.3) is 0 Å². The largest absolute Gasteiger partial charge is 0.356 e. The van der Waals surface area contributed by atoms with Crippen LogP contribution in [0, 0.1) is 0 Å². The van der Waals surface area contributed by atoms with E-state index in [0.717, 1.165) is 65.2 Å². The molecular weight excluding hydrogens is 312 g/mol. The first-order valence-corrected chi connectivity index (χ1v) is 9.78. The van der Waals surface area contributed by atoms with Crippen molar-refractivity contribution in [3.8, 4) is 0 Å². The molecule has 2 saturated heterocycles. The summed E-state index contributed by atoms with van der Waals surface area (Å²) in [6.45, 7) is 8.54. The van der Waals surface area contributed by atoms with Gasteiger partial charge in [-0.25, -0.2) is 0 Å². The summed E-state index contributed by atoms with van der Waals surface area (Å²) in [7, 11) is 0. The first kappa shape index (κ1) is 18.4. The maximum atomic E-state index is 11.9. The van der Waals surface area contributed by atoms with Gasteiger partial charge in [0.25, 0.3) is 0 Å². The summed E-state index contributed by atoms with van der Waals surface area (Å²) in [5.74, 6) is 0.201. The Hall–Kier alpha value is -1.43. The summed E-state index contributed by atoms with van der Waals surface area (Å²) < 4.78 is 0. The fourth-order valence-corrected chi connectivity index (χ4v) is 3.77. The molecule has 0 saturated carbocycles. The van der Waals surface area contributed by atoms with Gasteiger partial charge in [0.1, 0.15) is 0 Å². The van der Waals surface area contributed by atoms with Gasteiger partial charge in [-0.3, -0.25) is 9.69 Å². The molecule has 5 nitrogen and oxygen atoms in total. The lowest BCUT2D eigenvalue weighted by Gasteiger charge is -2.34. The molecule has 2 aliphatic rings. The van der Waals surface area contributed by atoms with Crippen molar-refractivity contribution in [2.24, 2.45) is 0 Å². The summed E-state index contributed by atoms with van der Waals surface area (Å²) in [5, 5.41) is 6.45. The minimum Gasteiger partial charge on any atom is -0.356 e. The lowest BCUT2D eigenvalue weighted by Crippen LogP contribution is -2.46. The van der Waals surface area contributed by atoms with E-state index < -0.39 is 0 Å². The van der Waals surface area contributed by atoms with Crippen molar-refractivity contribution in [2.75, 3.05) is 45.8 Å². The molecule has 0 bridgehead atoms. The van der Waals surface area contributed by atoms with Gasteiger partial charge in [0.15, 0.2) is 0 Å². The molecule has 2 N–H and O–H groups in total. The van der Waals surface area contributed by atoms with Crippen molar-refractivity contribution >= 4 is 5.91 Å². The molecule has 138 valence electrons. The Labute approximate surface area is 151 Å². The lowest BCUT2D eigenvalue weighted by molar-refractivity contribution is -0.121. The summed E-state index contributed by atoms with van der Waals surface area (Å²) in [6, 6.07) is 11.1. The first-order valence-electron chi connectivity index (χ1n) is 9.78. The van der Waals surface area contributed by atoms with Crippen molar-refractivity contribution in [3.05, 3.63) is 35.9 Å². The van der Waals surface area contributed by atoms with Crippen LogP contribution in [0.3, 0.4) is 0 Å². The zero-order valence-electron chi connectivity index (χ0n) is 15.3. The van der Waals surface area contributed by atoms with E-state index in [-0.39, 0.29) is 5.91 Å². The van der Waals surface area contributed by atoms with Crippen LogP contribution >= 0.6 is 0 Å². The molecule has 1 unspecified atom stereocenters. The van der Waals surface area contributed by atoms with Gasteiger partial charge in [-0.15, -0.1) is 0 Å². The number of nitrogens with zero attached hydrogens (tertiary/aromatic N) is 2. The van der Waals surface area contributed by atoms with Crippen LogP contribution in [0.2, 0.25) is 0 Å². The number of hydrogen-bond acceptors (Lipinski definition) is 4. The first-order chi connectivity index (χ1) is 12.3. The predicted molar refractivity (Wildman–Crippen MR) is 101 cm³/mol. The van der Waals surface area contributed by atoms with Gasteiger partial charge in [-0.05, 0) is 37.9 Å². The second-order valence-electron chi connectivity index (χ2n) is 7.30. The van der Waals surface area contributed by atoms with Crippen LogP contribution in [0.15, 0.2) is 30.3 Å². The van der Waals surface area contributed by atoms with Gasteiger partial charge < -0.3 is 15.5 Å². The number of carbonyl (C=O) groups excluding carboxylic acids is 1. The van der Waals surface area contributed by atoms with E-state index in [9.17, 15) is 4.79 Å². The number of hydrogen-bond donors (Lipinski definition) is 2. The van der Waals surface area contributed by atoms with Gasteiger partial charge >= 0.3 is 0 Å². The standard InChI is InChI=1S/C20H32N4O/c25-20(16-19-8-4-9-21-19)22-10-5-11-23-12-14-24(15-13-23)17-18-6-2-1-3-7-18/h1-3,6-7,19,21H,4-5,8-17H2,(H,22,25). The Bertz CT molecular complexity index is 508. The third-order valence-corrected chi connectivity index (χ3v) is 5.28. The molecule has 0 aliphatic carbocycles. The third kappa shape index (κ3) is 6.42. The Morgan fingerprint density at radius 1 is 1.12 bits per heavy atom. The fraction of sp³-hybridized carbons (Fsp3) is 0.650. The second-order valence-corrected chi connectivity index (χ2v) is 7.30. The van der Waals surface area contributed by atoms with Gasteiger partial charge in [0, 0.05) is 51.7 Å². The van der Waals surface area contributed by atoms with Crippen LogP contribution < -0.4 is 10.6 Å². The van der Waals surface area contributed by atoms with Crippen LogP contribution in [0.5, 0.6) is 0 Å². The zero-order chi connectivity index (χ0) is 17.3. The van der Waals surface area contributed by atoms with E-state index in [1.165, 1.54) is 12.0 Å².